The molecule has 0 spiro atoms. The molecule has 3 aromatic heterocycles. The summed E-state index contributed by atoms with van der Waals surface area (Å²) >= 11 is 1.64. The molecule has 0 saturated heterocycles. The molecule has 3 heterocycles. The first-order chi connectivity index (χ1) is 9.22. The second-order valence-electron chi connectivity index (χ2n) is 4.31. The first kappa shape index (κ1) is 10.6. The minimum absolute atomic E-state index is 0.429. The quantitative estimate of drug-likeness (QED) is 0.579. The van der Waals surface area contributed by atoms with Crippen molar-refractivity contribution in [2.45, 2.75) is 6.92 Å². The highest BCUT2D eigenvalue weighted by molar-refractivity contribution is 7.17. The second-order valence-corrected chi connectivity index (χ2v) is 5.49. The SMILES string of the molecule is Cc1sc2nccn2c1-c1ccc2[nH]c(=O)oc2c1. The first-order valence-corrected chi connectivity index (χ1v) is 6.60. The van der Waals surface area contributed by atoms with E-state index in [9.17, 15) is 4.79 Å². The van der Waals surface area contributed by atoms with E-state index in [-0.39, 0.29) is 0 Å². The van der Waals surface area contributed by atoms with E-state index < -0.39 is 5.76 Å². The van der Waals surface area contributed by atoms with Crippen LogP contribution in [0.5, 0.6) is 0 Å². The zero-order chi connectivity index (χ0) is 13.0. The molecule has 0 unspecified atom stereocenters. The molecule has 0 aliphatic heterocycles. The van der Waals surface area contributed by atoms with E-state index in [1.165, 1.54) is 4.88 Å². The largest absolute Gasteiger partial charge is 0.417 e. The van der Waals surface area contributed by atoms with Gasteiger partial charge in [0.05, 0.1) is 11.2 Å². The monoisotopic (exact) mass is 271 g/mol. The summed E-state index contributed by atoms with van der Waals surface area (Å²) in [5.41, 5.74) is 3.38. The predicted molar refractivity (Wildman–Crippen MR) is 73.6 cm³/mol. The van der Waals surface area contributed by atoms with Gasteiger partial charge in [0.2, 0.25) is 0 Å². The molecule has 0 radical (unpaired) electrons. The van der Waals surface area contributed by atoms with Gasteiger partial charge >= 0.3 is 5.76 Å². The number of imidazole rings is 1. The predicted octanol–water partition coefficient (Wildman–Crippen LogP) is 2.81. The molecule has 94 valence electrons. The molecule has 0 fully saturated rings. The highest BCUT2D eigenvalue weighted by Gasteiger charge is 2.12. The summed E-state index contributed by atoms with van der Waals surface area (Å²) < 4.78 is 7.15. The number of aromatic amines is 1. The second kappa shape index (κ2) is 3.58. The molecule has 0 aliphatic rings. The Morgan fingerprint density at radius 3 is 3.21 bits per heavy atom. The van der Waals surface area contributed by atoms with Gasteiger partial charge in [0.15, 0.2) is 10.5 Å². The lowest BCUT2D eigenvalue weighted by atomic mass is 10.1. The molecule has 0 bridgehead atoms. The van der Waals surface area contributed by atoms with E-state index >= 15 is 0 Å². The van der Waals surface area contributed by atoms with Crippen LogP contribution in [0.3, 0.4) is 0 Å². The van der Waals surface area contributed by atoms with E-state index in [4.69, 9.17) is 4.42 Å². The summed E-state index contributed by atoms with van der Waals surface area (Å²) in [5.74, 6) is -0.429. The minimum atomic E-state index is -0.429. The molecule has 1 N–H and O–H groups in total. The van der Waals surface area contributed by atoms with Crippen LogP contribution in [0.25, 0.3) is 27.3 Å². The Labute approximate surface area is 111 Å². The molecule has 1 aromatic carbocycles. The number of fused-ring (bicyclic) bond motifs is 2. The van der Waals surface area contributed by atoms with E-state index in [2.05, 4.69) is 16.9 Å². The molecular formula is C13H9N3O2S. The fourth-order valence-electron chi connectivity index (χ4n) is 2.33. The number of rotatable bonds is 1. The molecule has 0 saturated carbocycles. The van der Waals surface area contributed by atoms with Crippen LogP contribution in [0.2, 0.25) is 0 Å². The van der Waals surface area contributed by atoms with Crippen molar-refractivity contribution in [3.8, 4) is 11.3 Å². The average Bonchev–Trinajstić information content (AvgIpc) is 3.00. The summed E-state index contributed by atoms with van der Waals surface area (Å²) in [7, 11) is 0. The van der Waals surface area contributed by atoms with Crippen LogP contribution in [0.1, 0.15) is 4.88 Å². The van der Waals surface area contributed by atoms with Crippen LogP contribution in [0.15, 0.2) is 39.8 Å². The van der Waals surface area contributed by atoms with Crippen LogP contribution in [0.4, 0.5) is 0 Å². The number of oxazole rings is 1. The highest BCUT2D eigenvalue weighted by Crippen LogP contribution is 2.31. The zero-order valence-electron chi connectivity index (χ0n) is 10.0. The van der Waals surface area contributed by atoms with Gasteiger partial charge in [0, 0.05) is 22.8 Å². The van der Waals surface area contributed by atoms with E-state index in [0.29, 0.717) is 11.1 Å². The number of aryl methyl sites for hydroxylation is 1. The molecule has 0 atom stereocenters. The molecule has 5 nitrogen and oxygen atoms in total. The maximum atomic E-state index is 11.2. The van der Waals surface area contributed by atoms with Crippen molar-refractivity contribution in [2.24, 2.45) is 0 Å². The van der Waals surface area contributed by atoms with Crippen LogP contribution >= 0.6 is 11.3 Å². The number of benzene rings is 1. The van der Waals surface area contributed by atoms with Crippen molar-refractivity contribution in [3.05, 3.63) is 46.0 Å². The zero-order valence-corrected chi connectivity index (χ0v) is 10.8. The summed E-state index contributed by atoms with van der Waals surface area (Å²) in [6.07, 6.45) is 3.72. The topological polar surface area (TPSA) is 63.3 Å². The summed E-state index contributed by atoms with van der Waals surface area (Å²) in [5, 5.41) is 0. The molecule has 19 heavy (non-hydrogen) atoms. The van der Waals surface area contributed by atoms with Gasteiger partial charge in [-0.2, -0.15) is 0 Å². The Kier molecular flexibility index (Phi) is 1.99. The Balaban J connectivity index is 2.05. The van der Waals surface area contributed by atoms with Gasteiger partial charge in [0.1, 0.15) is 0 Å². The summed E-state index contributed by atoms with van der Waals surface area (Å²) in [4.78, 5) is 20.3. The number of nitrogens with one attached hydrogen (secondary N) is 1. The van der Waals surface area contributed by atoms with E-state index in [1.54, 1.807) is 17.5 Å². The van der Waals surface area contributed by atoms with Gasteiger partial charge in [-0.3, -0.25) is 9.38 Å². The Morgan fingerprint density at radius 1 is 1.42 bits per heavy atom. The number of nitrogens with zero attached hydrogens (tertiary/aromatic N) is 2. The van der Waals surface area contributed by atoms with Gasteiger partial charge in [0.25, 0.3) is 0 Å². The highest BCUT2D eigenvalue weighted by atomic mass is 32.1. The standard InChI is InChI=1S/C13H9N3O2S/c1-7-11(16-5-4-14-12(16)19-7)8-2-3-9-10(6-8)18-13(17)15-9/h2-6H,1H3,(H,15,17). The van der Waals surface area contributed by atoms with Crippen molar-refractivity contribution >= 4 is 27.4 Å². The molecule has 4 rings (SSSR count). The fraction of sp³-hybridized carbons (Fsp3) is 0.0769. The lowest BCUT2D eigenvalue weighted by Gasteiger charge is -2.01. The van der Waals surface area contributed by atoms with Crippen molar-refractivity contribution in [1.29, 1.82) is 0 Å². The van der Waals surface area contributed by atoms with Crippen molar-refractivity contribution < 1.29 is 4.42 Å². The average molecular weight is 271 g/mol. The summed E-state index contributed by atoms with van der Waals surface area (Å²) in [6.45, 7) is 2.06. The molecule has 4 aromatic rings. The maximum absolute atomic E-state index is 11.2. The fourth-order valence-corrected chi connectivity index (χ4v) is 3.28. The van der Waals surface area contributed by atoms with Gasteiger partial charge in [-0.1, -0.05) is 6.07 Å². The molecule has 6 heteroatoms. The third-order valence-corrected chi connectivity index (χ3v) is 4.10. The van der Waals surface area contributed by atoms with Crippen molar-refractivity contribution in [3.63, 3.8) is 0 Å². The molecule has 0 amide bonds. The maximum Gasteiger partial charge on any atom is 0.417 e. The van der Waals surface area contributed by atoms with Crippen LogP contribution in [0, 0.1) is 6.92 Å². The van der Waals surface area contributed by atoms with Crippen LogP contribution in [-0.2, 0) is 0 Å². The third kappa shape index (κ3) is 1.47. The Morgan fingerprint density at radius 2 is 2.32 bits per heavy atom. The summed E-state index contributed by atoms with van der Waals surface area (Å²) in [6, 6.07) is 5.71. The normalized spacial score (nSPS) is 11.6. The van der Waals surface area contributed by atoms with Gasteiger partial charge in [-0.25, -0.2) is 9.78 Å². The van der Waals surface area contributed by atoms with Crippen LogP contribution < -0.4 is 5.76 Å². The number of hydrogen-bond acceptors (Lipinski definition) is 4. The number of thiazole rings is 1. The minimum Gasteiger partial charge on any atom is -0.408 e. The number of aromatic nitrogens is 3. The smallest absolute Gasteiger partial charge is 0.408 e. The van der Waals surface area contributed by atoms with E-state index in [0.717, 1.165) is 16.2 Å². The molecular weight excluding hydrogens is 262 g/mol. The lowest BCUT2D eigenvalue weighted by molar-refractivity contribution is 0.555. The molecule has 0 aliphatic carbocycles. The number of hydrogen-bond donors (Lipinski definition) is 1. The lowest BCUT2D eigenvalue weighted by Crippen LogP contribution is -1.92. The van der Waals surface area contributed by atoms with Gasteiger partial charge in [-0.05, 0) is 19.1 Å². The van der Waals surface area contributed by atoms with Gasteiger partial charge in [-0.15, -0.1) is 11.3 Å². The Hall–Kier alpha value is -2.34. The third-order valence-electron chi connectivity index (χ3n) is 3.12. The van der Waals surface area contributed by atoms with Crippen molar-refractivity contribution in [1.82, 2.24) is 14.4 Å². The van der Waals surface area contributed by atoms with Crippen LogP contribution in [-0.4, -0.2) is 14.4 Å². The van der Waals surface area contributed by atoms with Crippen molar-refractivity contribution in [2.75, 3.05) is 0 Å². The first-order valence-electron chi connectivity index (χ1n) is 5.78. The van der Waals surface area contributed by atoms with E-state index in [1.807, 2.05) is 28.8 Å². The number of H-pyrrole nitrogens is 1. The Bertz CT molecular complexity index is 957. The van der Waals surface area contributed by atoms with Gasteiger partial charge < -0.3 is 4.42 Å².